The van der Waals surface area contributed by atoms with Gasteiger partial charge < -0.3 is 9.15 Å². The molecule has 1 atom stereocenters. The fourth-order valence-electron chi connectivity index (χ4n) is 4.62. The van der Waals surface area contributed by atoms with Crippen molar-refractivity contribution in [2.75, 3.05) is 0 Å². The average molecular weight is 599 g/mol. The van der Waals surface area contributed by atoms with E-state index in [4.69, 9.17) is 9.15 Å². The number of carbonyl (C=O) groups excluding carboxylic acids is 1. The zero-order valence-corrected chi connectivity index (χ0v) is 24.0. The molecule has 1 heterocycles. The molecule has 4 aromatic carbocycles. The SMILES string of the molecule is Cc1ccc(S(=O)(=O)NC(Cc2ccccc2)C(=O)Oc2ccc3c(=O)c(-c4ccc([N+](=O)[O-])cc4)c(C)oc3c2)cc1. The minimum absolute atomic E-state index is 0.00995. The Morgan fingerprint density at radius 1 is 0.953 bits per heavy atom. The van der Waals surface area contributed by atoms with E-state index in [1.165, 1.54) is 54.6 Å². The molecule has 218 valence electrons. The molecule has 0 saturated carbocycles. The molecule has 1 unspecified atom stereocenters. The summed E-state index contributed by atoms with van der Waals surface area (Å²) >= 11 is 0. The molecule has 1 aromatic heterocycles. The molecule has 5 aromatic rings. The van der Waals surface area contributed by atoms with Crippen molar-refractivity contribution in [3.05, 3.63) is 134 Å². The molecule has 0 radical (unpaired) electrons. The molecular formula is C32H26N2O8S. The molecule has 0 aliphatic heterocycles. The number of nitro benzene ring substituents is 1. The van der Waals surface area contributed by atoms with Crippen LogP contribution in [0, 0.1) is 24.0 Å². The highest BCUT2D eigenvalue weighted by Gasteiger charge is 2.28. The van der Waals surface area contributed by atoms with E-state index in [1.54, 1.807) is 43.3 Å². The van der Waals surface area contributed by atoms with E-state index in [9.17, 15) is 28.1 Å². The van der Waals surface area contributed by atoms with Gasteiger partial charge in [0.2, 0.25) is 15.5 Å². The van der Waals surface area contributed by atoms with Gasteiger partial charge in [0.25, 0.3) is 5.69 Å². The average Bonchev–Trinajstić information content (AvgIpc) is 2.97. The second-order valence-electron chi connectivity index (χ2n) is 9.92. The first-order valence-corrected chi connectivity index (χ1v) is 14.7. The lowest BCUT2D eigenvalue weighted by atomic mass is 10.0. The van der Waals surface area contributed by atoms with Gasteiger partial charge in [0.1, 0.15) is 23.1 Å². The molecule has 1 N–H and O–H groups in total. The monoisotopic (exact) mass is 598 g/mol. The van der Waals surface area contributed by atoms with Crippen LogP contribution in [-0.4, -0.2) is 25.4 Å². The van der Waals surface area contributed by atoms with Gasteiger partial charge in [0.05, 0.1) is 20.8 Å². The van der Waals surface area contributed by atoms with Crippen molar-refractivity contribution >= 4 is 32.6 Å². The Bertz CT molecular complexity index is 1990. The largest absolute Gasteiger partial charge is 0.460 e. The number of nitrogens with one attached hydrogen (secondary N) is 1. The summed E-state index contributed by atoms with van der Waals surface area (Å²) in [5.41, 5.74) is 1.99. The van der Waals surface area contributed by atoms with Crippen LogP contribution in [0.15, 0.2) is 111 Å². The van der Waals surface area contributed by atoms with Gasteiger partial charge in [0.15, 0.2) is 0 Å². The fourth-order valence-corrected chi connectivity index (χ4v) is 5.80. The Hall–Kier alpha value is -5.13. The van der Waals surface area contributed by atoms with Crippen LogP contribution in [0.25, 0.3) is 22.1 Å². The molecule has 43 heavy (non-hydrogen) atoms. The van der Waals surface area contributed by atoms with Gasteiger partial charge in [-0.2, -0.15) is 4.72 Å². The number of nitrogens with zero attached hydrogens (tertiary/aromatic N) is 1. The van der Waals surface area contributed by atoms with Crippen molar-refractivity contribution in [1.82, 2.24) is 4.72 Å². The number of esters is 1. The predicted molar refractivity (Wildman–Crippen MR) is 160 cm³/mol. The van der Waals surface area contributed by atoms with Gasteiger partial charge in [-0.3, -0.25) is 14.9 Å². The fraction of sp³-hybridized carbons (Fsp3) is 0.125. The summed E-state index contributed by atoms with van der Waals surface area (Å²) in [4.78, 5) is 37.2. The van der Waals surface area contributed by atoms with E-state index >= 15 is 0 Å². The van der Waals surface area contributed by atoms with Crippen LogP contribution in [0.2, 0.25) is 0 Å². The first-order chi connectivity index (χ1) is 20.5. The Morgan fingerprint density at radius 3 is 2.28 bits per heavy atom. The molecule has 0 amide bonds. The van der Waals surface area contributed by atoms with Gasteiger partial charge >= 0.3 is 5.97 Å². The van der Waals surface area contributed by atoms with Gasteiger partial charge in [-0.15, -0.1) is 0 Å². The van der Waals surface area contributed by atoms with Crippen LogP contribution in [0.5, 0.6) is 5.75 Å². The Kier molecular flexibility index (Phi) is 8.20. The summed E-state index contributed by atoms with van der Waals surface area (Å²) in [5, 5.41) is 11.2. The van der Waals surface area contributed by atoms with Gasteiger partial charge in [0, 0.05) is 18.2 Å². The number of nitro groups is 1. The highest BCUT2D eigenvalue weighted by atomic mass is 32.2. The maximum absolute atomic E-state index is 13.4. The normalized spacial score (nSPS) is 12.1. The lowest BCUT2D eigenvalue weighted by Crippen LogP contribution is -2.44. The number of ether oxygens (including phenoxy) is 1. The lowest BCUT2D eigenvalue weighted by molar-refractivity contribution is -0.384. The third kappa shape index (κ3) is 6.53. The smallest absolute Gasteiger partial charge is 0.329 e. The first kappa shape index (κ1) is 29.4. The van der Waals surface area contributed by atoms with Crippen molar-refractivity contribution in [1.29, 1.82) is 0 Å². The molecule has 11 heteroatoms. The van der Waals surface area contributed by atoms with Gasteiger partial charge in [-0.1, -0.05) is 48.0 Å². The number of sulfonamides is 1. The van der Waals surface area contributed by atoms with E-state index in [0.717, 1.165) is 11.1 Å². The number of rotatable bonds is 9. The maximum Gasteiger partial charge on any atom is 0.329 e. The van der Waals surface area contributed by atoms with E-state index in [-0.39, 0.29) is 50.5 Å². The van der Waals surface area contributed by atoms with Crippen molar-refractivity contribution < 1.29 is 27.3 Å². The Morgan fingerprint density at radius 2 is 1.63 bits per heavy atom. The summed E-state index contributed by atoms with van der Waals surface area (Å²) in [6.45, 7) is 3.43. The quantitative estimate of drug-likeness (QED) is 0.102. The van der Waals surface area contributed by atoms with E-state index in [0.29, 0.717) is 5.56 Å². The van der Waals surface area contributed by atoms with Crippen LogP contribution in [0.1, 0.15) is 16.9 Å². The summed E-state index contributed by atoms with van der Waals surface area (Å²) in [6, 6.07) is 23.7. The number of benzene rings is 4. The first-order valence-electron chi connectivity index (χ1n) is 13.2. The van der Waals surface area contributed by atoms with Crippen LogP contribution in [0.4, 0.5) is 5.69 Å². The number of carbonyl (C=O) groups is 1. The summed E-state index contributed by atoms with van der Waals surface area (Å²) in [7, 11) is -4.07. The Labute approximate surface area is 246 Å². The van der Waals surface area contributed by atoms with E-state index in [2.05, 4.69) is 4.72 Å². The third-order valence-electron chi connectivity index (χ3n) is 6.82. The zero-order chi connectivity index (χ0) is 30.7. The van der Waals surface area contributed by atoms with E-state index < -0.39 is 27.0 Å². The topological polar surface area (TPSA) is 146 Å². The van der Waals surface area contributed by atoms with E-state index in [1.807, 2.05) is 13.0 Å². The number of hydrogen-bond donors (Lipinski definition) is 1. The van der Waals surface area contributed by atoms with Crippen LogP contribution in [-0.2, 0) is 21.2 Å². The minimum atomic E-state index is -4.07. The second-order valence-corrected chi connectivity index (χ2v) is 11.6. The molecule has 0 saturated heterocycles. The standard InChI is InChI=1S/C32H26N2O8S/c1-20-8-15-26(16-9-20)43(39,40)33-28(18-22-6-4-3-5-7-22)32(36)42-25-14-17-27-29(19-25)41-21(2)30(31(27)35)23-10-12-24(13-11-23)34(37)38/h3-17,19,28,33H,18H2,1-2H3. The van der Waals surface area contributed by atoms with Crippen LogP contribution >= 0.6 is 0 Å². The second kappa shape index (κ2) is 12.0. The number of aryl methyl sites for hydroxylation is 2. The zero-order valence-electron chi connectivity index (χ0n) is 23.1. The Balaban J connectivity index is 1.44. The molecule has 0 aliphatic carbocycles. The summed E-state index contributed by atoms with van der Waals surface area (Å²) in [6.07, 6.45) is 0.0329. The van der Waals surface area contributed by atoms with Crippen molar-refractivity contribution in [3.8, 4) is 16.9 Å². The predicted octanol–water partition coefficient (Wildman–Crippen LogP) is 5.48. The van der Waals surface area contributed by atoms with Crippen LogP contribution < -0.4 is 14.9 Å². The van der Waals surface area contributed by atoms with Gasteiger partial charge in [-0.25, -0.2) is 13.2 Å². The number of non-ortho nitro benzene ring substituents is 1. The lowest BCUT2D eigenvalue weighted by Gasteiger charge is -2.18. The molecule has 5 rings (SSSR count). The number of fused-ring (bicyclic) bond motifs is 1. The molecule has 0 bridgehead atoms. The van der Waals surface area contributed by atoms with Crippen molar-refractivity contribution in [2.24, 2.45) is 0 Å². The highest BCUT2D eigenvalue weighted by molar-refractivity contribution is 7.89. The highest BCUT2D eigenvalue weighted by Crippen LogP contribution is 2.28. The molecule has 0 spiro atoms. The summed E-state index contributed by atoms with van der Waals surface area (Å²) in [5.74, 6) is -0.529. The molecule has 0 fully saturated rings. The minimum Gasteiger partial charge on any atom is -0.460 e. The molecule has 10 nitrogen and oxygen atoms in total. The summed E-state index contributed by atoms with van der Waals surface area (Å²) < 4.78 is 40.3. The maximum atomic E-state index is 13.4. The van der Waals surface area contributed by atoms with Crippen LogP contribution in [0.3, 0.4) is 0 Å². The molecule has 0 aliphatic rings. The third-order valence-corrected chi connectivity index (χ3v) is 8.31. The van der Waals surface area contributed by atoms with Gasteiger partial charge in [-0.05, 0) is 67.8 Å². The van der Waals surface area contributed by atoms with Crippen molar-refractivity contribution in [3.63, 3.8) is 0 Å². The van der Waals surface area contributed by atoms with Crippen molar-refractivity contribution in [2.45, 2.75) is 31.2 Å². The number of hydrogen-bond acceptors (Lipinski definition) is 8. The molecular weight excluding hydrogens is 572 g/mol.